The topological polar surface area (TPSA) is 140 Å². The van der Waals surface area contributed by atoms with E-state index < -0.39 is 6.04 Å². The first-order valence-corrected chi connectivity index (χ1v) is 12.6. The quantitative estimate of drug-likeness (QED) is 0.120. The number of hydrogen-bond acceptors (Lipinski definition) is 6. The third kappa shape index (κ3) is 9.09. The van der Waals surface area contributed by atoms with Gasteiger partial charge in [0.05, 0.1) is 12.6 Å². The van der Waals surface area contributed by atoms with Crippen LogP contribution in [0.2, 0.25) is 0 Å². The van der Waals surface area contributed by atoms with Gasteiger partial charge >= 0.3 is 0 Å². The average molecular weight is 506 g/mol. The maximum absolute atomic E-state index is 12.9. The van der Waals surface area contributed by atoms with Crippen LogP contribution >= 0.6 is 11.9 Å². The molecule has 8 nitrogen and oxygen atoms in total. The molecule has 0 aliphatic rings. The van der Waals surface area contributed by atoms with Crippen LogP contribution in [0.5, 0.6) is 5.75 Å². The van der Waals surface area contributed by atoms with Crippen LogP contribution in [0.15, 0.2) is 78.9 Å². The SMILES string of the molecule is N=C(N)c1ccc(CNC(=O)CNC(=O)[C@@H](CCc2ccccc2)NSCc2ccc(O)cc2)cc1. The zero-order chi connectivity index (χ0) is 25.8. The number of benzene rings is 3. The molecule has 0 aliphatic heterocycles. The van der Waals surface area contributed by atoms with E-state index in [-0.39, 0.29) is 29.9 Å². The normalized spacial score (nSPS) is 11.4. The van der Waals surface area contributed by atoms with E-state index in [0.29, 0.717) is 30.7 Å². The molecule has 0 fully saturated rings. The Morgan fingerprint density at radius 1 is 0.889 bits per heavy atom. The third-order valence-electron chi connectivity index (χ3n) is 5.46. The minimum atomic E-state index is -0.487. The van der Waals surface area contributed by atoms with E-state index in [1.165, 1.54) is 11.9 Å². The highest BCUT2D eigenvalue weighted by atomic mass is 32.2. The summed E-state index contributed by atoms with van der Waals surface area (Å²) in [4.78, 5) is 25.2. The fourth-order valence-electron chi connectivity index (χ4n) is 3.37. The number of amides is 2. The molecule has 0 saturated heterocycles. The first-order chi connectivity index (χ1) is 17.4. The molecule has 1 atom stereocenters. The number of nitrogens with two attached hydrogens (primary N) is 1. The summed E-state index contributed by atoms with van der Waals surface area (Å²) >= 11 is 1.41. The van der Waals surface area contributed by atoms with Crippen molar-refractivity contribution in [3.63, 3.8) is 0 Å². The second-order valence-electron chi connectivity index (χ2n) is 8.25. The molecule has 188 valence electrons. The highest BCUT2D eigenvalue weighted by Gasteiger charge is 2.19. The third-order valence-corrected chi connectivity index (χ3v) is 6.39. The van der Waals surface area contributed by atoms with Gasteiger partial charge in [-0.25, -0.2) is 0 Å². The summed E-state index contributed by atoms with van der Waals surface area (Å²) in [6, 6.07) is 23.4. The van der Waals surface area contributed by atoms with E-state index in [0.717, 1.165) is 16.7 Å². The van der Waals surface area contributed by atoms with Gasteiger partial charge in [-0.3, -0.25) is 19.7 Å². The Bertz CT molecular complexity index is 1140. The summed E-state index contributed by atoms with van der Waals surface area (Å²) in [7, 11) is 0. The molecule has 7 N–H and O–H groups in total. The number of phenols is 1. The zero-order valence-electron chi connectivity index (χ0n) is 19.9. The van der Waals surface area contributed by atoms with Crippen LogP contribution in [0, 0.1) is 5.41 Å². The Morgan fingerprint density at radius 2 is 1.56 bits per heavy atom. The first-order valence-electron chi connectivity index (χ1n) is 11.6. The van der Waals surface area contributed by atoms with Gasteiger partial charge in [0.1, 0.15) is 11.6 Å². The Morgan fingerprint density at radius 3 is 2.22 bits per heavy atom. The number of hydrogen-bond donors (Lipinski definition) is 6. The summed E-state index contributed by atoms with van der Waals surface area (Å²) in [6.07, 6.45) is 1.29. The largest absolute Gasteiger partial charge is 0.508 e. The van der Waals surface area contributed by atoms with E-state index in [1.54, 1.807) is 36.4 Å². The molecule has 0 unspecified atom stereocenters. The second kappa shape index (κ2) is 13.9. The van der Waals surface area contributed by atoms with Crippen molar-refractivity contribution in [3.05, 3.63) is 101 Å². The fraction of sp³-hybridized carbons (Fsp3) is 0.222. The first kappa shape index (κ1) is 26.8. The molecular weight excluding hydrogens is 474 g/mol. The Hall–Kier alpha value is -3.82. The van der Waals surface area contributed by atoms with E-state index in [1.807, 2.05) is 42.5 Å². The Labute approximate surface area is 215 Å². The zero-order valence-corrected chi connectivity index (χ0v) is 20.7. The van der Waals surface area contributed by atoms with Crippen molar-refractivity contribution in [2.45, 2.75) is 31.2 Å². The van der Waals surface area contributed by atoms with E-state index in [9.17, 15) is 14.7 Å². The van der Waals surface area contributed by atoms with Crippen LogP contribution in [-0.2, 0) is 28.3 Å². The molecule has 0 spiro atoms. The van der Waals surface area contributed by atoms with Gasteiger partial charge in [0.25, 0.3) is 0 Å². The van der Waals surface area contributed by atoms with Crippen LogP contribution in [0.3, 0.4) is 0 Å². The van der Waals surface area contributed by atoms with Gasteiger partial charge in [-0.1, -0.05) is 78.7 Å². The molecule has 3 aromatic rings. The van der Waals surface area contributed by atoms with E-state index in [2.05, 4.69) is 15.4 Å². The lowest BCUT2D eigenvalue weighted by Crippen LogP contribution is -2.45. The molecule has 0 heterocycles. The lowest BCUT2D eigenvalue weighted by atomic mass is 10.1. The number of carbonyl (C=O) groups is 2. The number of aryl methyl sites for hydroxylation is 1. The summed E-state index contributed by atoms with van der Waals surface area (Å²) < 4.78 is 3.23. The van der Waals surface area contributed by atoms with Crippen molar-refractivity contribution in [2.24, 2.45) is 5.73 Å². The van der Waals surface area contributed by atoms with Crippen molar-refractivity contribution < 1.29 is 14.7 Å². The van der Waals surface area contributed by atoms with Gasteiger partial charge in [0.15, 0.2) is 0 Å². The summed E-state index contributed by atoms with van der Waals surface area (Å²) in [5.74, 6) is 0.286. The molecule has 3 aromatic carbocycles. The molecule has 0 aliphatic carbocycles. The number of carbonyl (C=O) groups excluding carboxylic acids is 2. The van der Waals surface area contributed by atoms with E-state index >= 15 is 0 Å². The monoisotopic (exact) mass is 505 g/mol. The number of nitrogens with one attached hydrogen (secondary N) is 4. The molecular formula is C27H31N5O3S. The number of amidine groups is 1. The Balaban J connectivity index is 1.48. The standard InChI is InChI=1S/C27H31N5O3S/c28-26(29)22-11-6-20(7-12-22)16-30-25(34)17-31-27(35)24(15-10-19-4-2-1-3-5-19)32-36-18-21-8-13-23(33)14-9-21/h1-9,11-14,24,32-33H,10,15-18H2,(H3,28,29)(H,30,34)(H,31,35)/t24-/m1/s1. The van der Waals surface area contributed by atoms with Gasteiger partial charge in [0, 0.05) is 17.9 Å². The lowest BCUT2D eigenvalue weighted by molar-refractivity contribution is -0.127. The van der Waals surface area contributed by atoms with Crippen LogP contribution in [0.25, 0.3) is 0 Å². The number of rotatable bonds is 13. The molecule has 0 bridgehead atoms. The minimum Gasteiger partial charge on any atom is -0.508 e. The highest BCUT2D eigenvalue weighted by molar-refractivity contribution is 7.96. The highest BCUT2D eigenvalue weighted by Crippen LogP contribution is 2.15. The Kier molecular flexibility index (Phi) is 10.3. The summed E-state index contributed by atoms with van der Waals surface area (Å²) in [6.45, 7) is 0.182. The van der Waals surface area contributed by atoms with Crippen molar-refractivity contribution in [1.82, 2.24) is 15.4 Å². The molecule has 3 rings (SSSR count). The minimum absolute atomic E-state index is 0.00930. The smallest absolute Gasteiger partial charge is 0.239 e. The van der Waals surface area contributed by atoms with Gasteiger partial charge < -0.3 is 21.5 Å². The predicted molar refractivity (Wildman–Crippen MR) is 143 cm³/mol. The van der Waals surface area contributed by atoms with E-state index in [4.69, 9.17) is 11.1 Å². The maximum Gasteiger partial charge on any atom is 0.239 e. The molecule has 0 radical (unpaired) electrons. The van der Waals surface area contributed by atoms with Gasteiger partial charge in [-0.05, 0) is 41.7 Å². The lowest BCUT2D eigenvalue weighted by Gasteiger charge is -2.18. The summed E-state index contributed by atoms with van der Waals surface area (Å²) in [5.41, 5.74) is 9.09. The van der Waals surface area contributed by atoms with Crippen LogP contribution in [0.1, 0.15) is 28.7 Å². The molecule has 2 amide bonds. The molecule has 36 heavy (non-hydrogen) atoms. The second-order valence-corrected chi connectivity index (χ2v) is 9.07. The van der Waals surface area contributed by atoms with Crippen LogP contribution in [0.4, 0.5) is 0 Å². The van der Waals surface area contributed by atoms with Crippen molar-refractivity contribution in [2.75, 3.05) is 6.54 Å². The van der Waals surface area contributed by atoms with Gasteiger partial charge in [-0.15, -0.1) is 0 Å². The van der Waals surface area contributed by atoms with Crippen molar-refractivity contribution in [3.8, 4) is 5.75 Å². The fourth-order valence-corrected chi connectivity index (χ4v) is 4.24. The number of phenolic OH excluding ortho intramolecular Hbond substituents is 1. The summed E-state index contributed by atoms with van der Waals surface area (Å²) in [5, 5.41) is 22.4. The van der Waals surface area contributed by atoms with Crippen LogP contribution in [-0.4, -0.2) is 35.3 Å². The van der Waals surface area contributed by atoms with Gasteiger partial charge in [-0.2, -0.15) is 0 Å². The molecule has 9 heteroatoms. The molecule has 0 aromatic heterocycles. The maximum atomic E-state index is 12.9. The number of nitrogen functional groups attached to an aromatic ring is 1. The number of aromatic hydroxyl groups is 1. The van der Waals surface area contributed by atoms with Crippen molar-refractivity contribution >= 4 is 29.6 Å². The average Bonchev–Trinajstić information content (AvgIpc) is 2.90. The van der Waals surface area contributed by atoms with Gasteiger partial charge in [0.2, 0.25) is 11.8 Å². The van der Waals surface area contributed by atoms with Crippen LogP contribution < -0.4 is 21.1 Å². The molecule has 0 saturated carbocycles. The van der Waals surface area contributed by atoms with Crippen molar-refractivity contribution in [1.29, 1.82) is 5.41 Å². The predicted octanol–water partition coefficient (Wildman–Crippen LogP) is 2.85.